The number of rotatable bonds is 7. The Morgan fingerprint density at radius 3 is 2.57 bits per heavy atom. The Hall–Kier alpha value is -2.00. The van der Waals surface area contributed by atoms with Crippen molar-refractivity contribution < 1.29 is 9.53 Å². The predicted octanol–water partition coefficient (Wildman–Crippen LogP) is 4.16. The van der Waals surface area contributed by atoms with Crippen molar-refractivity contribution in [1.29, 1.82) is 0 Å². The largest absolute Gasteiger partial charge is 0.491 e. The molecule has 0 bridgehead atoms. The number of nitrogens with one attached hydrogen (secondary N) is 1. The molecule has 0 heterocycles. The minimum atomic E-state index is -0.0463. The van der Waals surface area contributed by atoms with Crippen molar-refractivity contribution in [3.8, 4) is 5.75 Å². The van der Waals surface area contributed by atoms with E-state index in [9.17, 15) is 4.79 Å². The topological polar surface area (TPSA) is 38.3 Å². The summed E-state index contributed by atoms with van der Waals surface area (Å²) < 4.78 is 5.67. The Morgan fingerprint density at radius 2 is 1.87 bits per heavy atom. The second-order valence-electron chi connectivity index (χ2n) is 5.68. The van der Waals surface area contributed by atoms with Crippen LogP contribution in [0.25, 0.3) is 0 Å². The summed E-state index contributed by atoms with van der Waals surface area (Å²) in [6.07, 6.45) is 1.05. The van der Waals surface area contributed by atoms with Gasteiger partial charge in [0.2, 0.25) is 5.91 Å². The lowest BCUT2D eigenvalue weighted by Crippen LogP contribution is -2.36. The summed E-state index contributed by atoms with van der Waals surface area (Å²) in [7, 11) is 0. The zero-order chi connectivity index (χ0) is 16.7. The van der Waals surface area contributed by atoms with Gasteiger partial charge in [-0.05, 0) is 44.0 Å². The van der Waals surface area contributed by atoms with Gasteiger partial charge in [0, 0.05) is 11.4 Å². The highest BCUT2D eigenvalue weighted by atomic mass is 35.5. The molecule has 0 radical (unpaired) electrons. The highest BCUT2D eigenvalue weighted by Gasteiger charge is 2.09. The molecule has 2 rings (SSSR count). The molecule has 1 N–H and O–H groups in total. The molecule has 0 fully saturated rings. The van der Waals surface area contributed by atoms with Crippen molar-refractivity contribution in [1.82, 2.24) is 5.32 Å². The molecule has 122 valence electrons. The van der Waals surface area contributed by atoms with Crippen molar-refractivity contribution in [2.24, 2.45) is 0 Å². The monoisotopic (exact) mass is 331 g/mol. The summed E-state index contributed by atoms with van der Waals surface area (Å²) in [4.78, 5) is 12.0. The van der Waals surface area contributed by atoms with E-state index in [1.807, 2.05) is 62.4 Å². The number of hydrogen-bond donors (Lipinski definition) is 1. The molecule has 1 atom stereocenters. The van der Waals surface area contributed by atoms with E-state index in [0.29, 0.717) is 24.5 Å². The molecule has 2 aromatic rings. The van der Waals surface area contributed by atoms with Crippen LogP contribution in [0, 0.1) is 6.92 Å². The molecule has 0 aromatic heterocycles. The van der Waals surface area contributed by atoms with E-state index in [-0.39, 0.29) is 11.9 Å². The average molecular weight is 332 g/mol. The quantitative estimate of drug-likeness (QED) is 0.827. The molecule has 23 heavy (non-hydrogen) atoms. The Bertz CT molecular complexity index is 640. The SMILES string of the molecule is Cc1ccc(OC[C@H](C)NC(=O)CCc2ccccc2Cl)cc1. The lowest BCUT2D eigenvalue weighted by Gasteiger charge is -2.15. The van der Waals surface area contributed by atoms with Crippen LogP contribution in [0.5, 0.6) is 5.75 Å². The van der Waals surface area contributed by atoms with Crippen molar-refractivity contribution in [3.05, 3.63) is 64.7 Å². The third-order valence-corrected chi connectivity index (χ3v) is 3.88. The summed E-state index contributed by atoms with van der Waals surface area (Å²) >= 11 is 6.09. The molecule has 1 amide bonds. The fourth-order valence-electron chi connectivity index (χ4n) is 2.19. The number of benzene rings is 2. The second-order valence-corrected chi connectivity index (χ2v) is 6.09. The number of halogens is 1. The molecular weight excluding hydrogens is 310 g/mol. The minimum Gasteiger partial charge on any atom is -0.491 e. The molecule has 0 unspecified atom stereocenters. The van der Waals surface area contributed by atoms with Crippen molar-refractivity contribution in [3.63, 3.8) is 0 Å². The zero-order valence-electron chi connectivity index (χ0n) is 13.5. The summed E-state index contributed by atoms with van der Waals surface area (Å²) in [6.45, 7) is 4.41. The molecule has 0 aliphatic rings. The number of aryl methyl sites for hydroxylation is 2. The van der Waals surface area contributed by atoms with E-state index in [0.717, 1.165) is 11.3 Å². The number of carbonyl (C=O) groups is 1. The first kappa shape index (κ1) is 17.4. The molecule has 2 aromatic carbocycles. The van der Waals surface area contributed by atoms with Gasteiger partial charge in [-0.2, -0.15) is 0 Å². The number of ether oxygens (including phenoxy) is 1. The number of hydrogen-bond acceptors (Lipinski definition) is 2. The second kappa shape index (κ2) is 8.59. The summed E-state index contributed by atoms with van der Waals surface area (Å²) in [5.74, 6) is 0.817. The van der Waals surface area contributed by atoms with Gasteiger partial charge in [0.25, 0.3) is 0 Å². The van der Waals surface area contributed by atoms with Gasteiger partial charge in [-0.3, -0.25) is 4.79 Å². The normalized spacial score (nSPS) is 11.8. The molecule has 4 heteroatoms. The highest BCUT2D eigenvalue weighted by Crippen LogP contribution is 2.16. The highest BCUT2D eigenvalue weighted by molar-refractivity contribution is 6.31. The van der Waals surface area contributed by atoms with Crippen LogP contribution in [0.15, 0.2) is 48.5 Å². The molecule has 0 aliphatic heterocycles. The maximum atomic E-state index is 12.0. The third kappa shape index (κ3) is 5.95. The van der Waals surface area contributed by atoms with Crippen molar-refractivity contribution >= 4 is 17.5 Å². The van der Waals surface area contributed by atoms with Crippen LogP contribution in [0.3, 0.4) is 0 Å². The van der Waals surface area contributed by atoms with Crippen LogP contribution >= 0.6 is 11.6 Å². The first-order valence-corrected chi connectivity index (χ1v) is 8.14. The van der Waals surface area contributed by atoms with Crippen LogP contribution in [0.2, 0.25) is 5.02 Å². The van der Waals surface area contributed by atoms with Gasteiger partial charge in [-0.1, -0.05) is 47.5 Å². The first-order valence-electron chi connectivity index (χ1n) is 7.77. The molecule has 0 saturated heterocycles. The maximum Gasteiger partial charge on any atom is 0.220 e. The Morgan fingerprint density at radius 1 is 1.17 bits per heavy atom. The van der Waals surface area contributed by atoms with E-state index in [1.165, 1.54) is 5.56 Å². The molecule has 0 saturated carbocycles. The van der Waals surface area contributed by atoms with Crippen LogP contribution in [-0.2, 0) is 11.2 Å². The lowest BCUT2D eigenvalue weighted by molar-refractivity contribution is -0.121. The van der Waals surface area contributed by atoms with Crippen LogP contribution in [0.1, 0.15) is 24.5 Å². The zero-order valence-corrected chi connectivity index (χ0v) is 14.3. The van der Waals surface area contributed by atoms with Crippen molar-refractivity contribution in [2.75, 3.05) is 6.61 Å². The van der Waals surface area contributed by atoms with Gasteiger partial charge < -0.3 is 10.1 Å². The molecule has 3 nitrogen and oxygen atoms in total. The van der Waals surface area contributed by atoms with Crippen molar-refractivity contribution in [2.45, 2.75) is 32.7 Å². The molecule has 0 spiro atoms. The Balaban J connectivity index is 1.72. The van der Waals surface area contributed by atoms with Crippen LogP contribution in [0.4, 0.5) is 0 Å². The average Bonchev–Trinajstić information content (AvgIpc) is 2.53. The van der Waals surface area contributed by atoms with Gasteiger partial charge in [0.15, 0.2) is 0 Å². The van der Waals surface area contributed by atoms with E-state index in [1.54, 1.807) is 0 Å². The standard InChI is InChI=1S/C19H22ClNO2/c1-14-7-10-17(11-8-14)23-13-15(2)21-19(22)12-9-16-5-3-4-6-18(16)20/h3-8,10-11,15H,9,12-13H2,1-2H3,(H,21,22)/t15-/m0/s1. The Kier molecular flexibility index (Phi) is 6.48. The van der Waals surface area contributed by atoms with Gasteiger partial charge >= 0.3 is 0 Å². The van der Waals surface area contributed by atoms with Gasteiger partial charge in [-0.15, -0.1) is 0 Å². The summed E-state index contributed by atoms with van der Waals surface area (Å²) in [5.41, 5.74) is 2.19. The van der Waals surface area contributed by atoms with E-state index in [2.05, 4.69) is 5.32 Å². The summed E-state index contributed by atoms with van der Waals surface area (Å²) in [6, 6.07) is 15.4. The number of amides is 1. The lowest BCUT2D eigenvalue weighted by atomic mass is 10.1. The smallest absolute Gasteiger partial charge is 0.220 e. The maximum absolute atomic E-state index is 12.0. The van der Waals surface area contributed by atoms with Gasteiger partial charge in [-0.25, -0.2) is 0 Å². The number of carbonyl (C=O) groups excluding carboxylic acids is 1. The first-order chi connectivity index (χ1) is 11.0. The van der Waals surface area contributed by atoms with E-state index >= 15 is 0 Å². The minimum absolute atomic E-state index is 0.00456. The third-order valence-electron chi connectivity index (χ3n) is 3.51. The molecule has 0 aliphatic carbocycles. The fourth-order valence-corrected chi connectivity index (χ4v) is 2.42. The van der Waals surface area contributed by atoms with Gasteiger partial charge in [0.1, 0.15) is 12.4 Å². The van der Waals surface area contributed by atoms with Crippen LogP contribution in [-0.4, -0.2) is 18.6 Å². The van der Waals surface area contributed by atoms with E-state index < -0.39 is 0 Å². The fraction of sp³-hybridized carbons (Fsp3) is 0.316. The van der Waals surface area contributed by atoms with E-state index in [4.69, 9.17) is 16.3 Å². The predicted molar refractivity (Wildman–Crippen MR) is 94.1 cm³/mol. The Labute approximate surface area is 142 Å². The van der Waals surface area contributed by atoms with Crippen LogP contribution < -0.4 is 10.1 Å². The summed E-state index contributed by atoms with van der Waals surface area (Å²) in [5, 5.41) is 3.65. The molecular formula is C19H22ClNO2. The van der Waals surface area contributed by atoms with Gasteiger partial charge in [0.05, 0.1) is 6.04 Å².